The minimum Gasteiger partial charge on any atom is -0.481 e. The van der Waals surface area contributed by atoms with E-state index in [1.54, 1.807) is 22.7 Å². The first kappa shape index (κ1) is 14.2. The summed E-state index contributed by atoms with van der Waals surface area (Å²) in [6, 6.07) is 3.86. The largest absolute Gasteiger partial charge is 0.481 e. The van der Waals surface area contributed by atoms with Crippen LogP contribution in [0.5, 0.6) is 0 Å². The number of thiophene rings is 1. The molecule has 0 aromatic carbocycles. The van der Waals surface area contributed by atoms with Crippen LogP contribution in [0.4, 0.5) is 0 Å². The summed E-state index contributed by atoms with van der Waals surface area (Å²) < 4.78 is 0. The Morgan fingerprint density at radius 3 is 2.74 bits per heavy atom. The lowest BCUT2D eigenvalue weighted by atomic mass is 10.3. The topological polar surface area (TPSA) is 62.2 Å². The third-order valence-corrected chi connectivity index (χ3v) is 4.79. The number of carboxylic acids is 1. The first-order chi connectivity index (χ1) is 9.17. The van der Waals surface area contributed by atoms with Gasteiger partial charge in [0.25, 0.3) is 0 Å². The van der Waals surface area contributed by atoms with Gasteiger partial charge in [0, 0.05) is 33.9 Å². The minimum absolute atomic E-state index is 0.108. The highest BCUT2D eigenvalue weighted by Gasteiger charge is 2.05. The molecule has 2 aromatic heterocycles. The first-order valence-corrected chi connectivity index (χ1v) is 7.74. The van der Waals surface area contributed by atoms with Crippen molar-refractivity contribution >= 4 is 28.6 Å². The van der Waals surface area contributed by atoms with E-state index in [0.29, 0.717) is 0 Å². The van der Waals surface area contributed by atoms with E-state index < -0.39 is 5.97 Å². The fraction of sp³-hybridized carbons (Fsp3) is 0.385. The molecule has 0 aliphatic heterocycles. The molecule has 2 aromatic rings. The molecular weight excluding hydrogens is 280 g/mol. The monoisotopic (exact) mass is 296 g/mol. The van der Waals surface area contributed by atoms with Crippen LogP contribution in [0.2, 0.25) is 0 Å². The van der Waals surface area contributed by atoms with Gasteiger partial charge in [0.15, 0.2) is 0 Å². The van der Waals surface area contributed by atoms with Crippen LogP contribution < -0.4 is 5.32 Å². The zero-order valence-electron chi connectivity index (χ0n) is 10.7. The number of thiazole rings is 1. The Morgan fingerprint density at radius 1 is 1.26 bits per heavy atom. The number of nitrogens with zero attached hydrogens (tertiary/aromatic N) is 1. The van der Waals surface area contributed by atoms with Gasteiger partial charge in [-0.1, -0.05) is 6.92 Å². The van der Waals surface area contributed by atoms with E-state index in [-0.39, 0.29) is 6.42 Å². The van der Waals surface area contributed by atoms with Gasteiger partial charge >= 0.3 is 5.97 Å². The number of aliphatic carboxylic acids is 1. The fourth-order valence-electron chi connectivity index (χ4n) is 1.65. The molecule has 2 N–H and O–H groups in total. The highest BCUT2D eigenvalue weighted by Crippen LogP contribution is 2.17. The smallest absolute Gasteiger partial charge is 0.308 e. The van der Waals surface area contributed by atoms with Crippen LogP contribution in [0.3, 0.4) is 0 Å². The molecule has 0 saturated carbocycles. The third kappa shape index (κ3) is 4.41. The van der Waals surface area contributed by atoms with Crippen LogP contribution in [-0.4, -0.2) is 16.1 Å². The van der Waals surface area contributed by atoms with Gasteiger partial charge < -0.3 is 10.4 Å². The third-order valence-electron chi connectivity index (χ3n) is 2.57. The summed E-state index contributed by atoms with van der Waals surface area (Å²) >= 11 is 3.28. The molecule has 0 saturated heterocycles. The highest BCUT2D eigenvalue weighted by molar-refractivity contribution is 7.12. The lowest BCUT2D eigenvalue weighted by molar-refractivity contribution is -0.136. The number of carboxylic acid groups (broad SMARTS) is 1. The molecule has 0 bridgehead atoms. The lowest BCUT2D eigenvalue weighted by Crippen LogP contribution is -2.11. The number of nitrogens with one attached hydrogen (secondary N) is 1. The Bertz CT molecular complexity index is 548. The van der Waals surface area contributed by atoms with Gasteiger partial charge in [-0.15, -0.1) is 22.7 Å². The summed E-state index contributed by atoms with van der Waals surface area (Å²) in [5.74, 6) is -0.781. The van der Waals surface area contributed by atoms with Gasteiger partial charge in [-0.05, 0) is 18.6 Å². The van der Waals surface area contributed by atoms with Gasteiger partial charge in [-0.2, -0.15) is 0 Å². The standard InChI is InChI=1S/C13H16N2O2S2/c1-2-9-7-15-12(19-9)8-14-6-11-4-3-10(18-11)5-13(16)17/h3-4,7,14H,2,5-6,8H2,1H3,(H,16,17). The van der Waals surface area contributed by atoms with Crippen molar-refractivity contribution in [3.63, 3.8) is 0 Å². The summed E-state index contributed by atoms with van der Waals surface area (Å²) in [6.45, 7) is 3.64. The maximum Gasteiger partial charge on any atom is 0.308 e. The molecule has 0 fully saturated rings. The quantitative estimate of drug-likeness (QED) is 0.824. The predicted octanol–water partition coefficient (Wildman–Crippen LogP) is 2.68. The van der Waals surface area contributed by atoms with E-state index in [1.807, 2.05) is 18.3 Å². The van der Waals surface area contributed by atoms with E-state index in [0.717, 1.165) is 34.3 Å². The van der Waals surface area contributed by atoms with Gasteiger partial charge in [0.1, 0.15) is 5.01 Å². The summed E-state index contributed by atoms with van der Waals surface area (Å²) in [5.41, 5.74) is 0. The predicted molar refractivity (Wildman–Crippen MR) is 77.7 cm³/mol. The van der Waals surface area contributed by atoms with Gasteiger partial charge in [-0.3, -0.25) is 4.79 Å². The van der Waals surface area contributed by atoms with Crippen LogP contribution >= 0.6 is 22.7 Å². The summed E-state index contributed by atoms with van der Waals surface area (Å²) in [6.07, 6.45) is 3.07. The molecule has 0 aliphatic rings. The average molecular weight is 296 g/mol. The summed E-state index contributed by atoms with van der Waals surface area (Å²) in [5, 5.41) is 13.1. The van der Waals surface area contributed by atoms with E-state index in [2.05, 4.69) is 17.2 Å². The number of aromatic nitrogens is 1. The number of aryl methyl sites for hydroxylation is 1. The molecule has 0 spiro atoms. The Labute approximate surface area is 120 Å². The zero-order chi connectivity index (χ0) is 13.7. The second-order valence-electron chi connectivity index (χ2n) is 4.12. The van der Waals surface area contributed by atoms with Crippen molar-refractivity contribution in [2.45, 2.75) is 32.9 Å². The molecule has 102 valence electrons. The van der Waals surface area contributed by atoms with E-state index in [9.17, 15) is 4.79 Å². The molecule has 2 heterocycles. The van der Waals surface area contributed by atoms with Crippen molar-refractivity contribution in [3.8, 4) is 0 Å². The Hall–Kier alpha value is -1.24. The van der Waals surface area contributed by atoms with E-state index in [4.69, 9.17) is 5.11 Å². The van der Waals surface area contributed by atoms with Crippen molar-refractivity contribution in [1.29, 1.82) is 0 Å². The molecule has 6 heteroatoms. The Kier molecular flexibility index (Phi) is 5.07. The SMILES string of the molecule is CCc1cnc(CNCc2ccc(CC(=O)O)s2)s1. The van der Waals surface area contributed by atoms with Crippen molar-refractivity contribution in [2.24, 2.45) is 0 Å². The Morgan fingerprint density at radius 2 is 2.05 bits per heavy atom. The van der Waals surface area contributed by atoms with Crippen molar-refractivity contribution in [3.05, 3.63) is 38.0 Å². The molecule has 2 rings (SSSR count). The molecule has 0 amide bonds. The van der Waals surface area contributed by atoms with Crippen molar-refractivity contribution in [2.75, 3.05) is 0 Å². The maximum absolute atomic E-state index is 10.6. The highest BCUT2D eigenvalue weighted by atomic mass is 32.1. The Balaban J connectivity index is 1.79. The van der Waals surface area contributed by atoms with E-state index in [1.165, 1.54) is 4.88 Å². The van der Waals surface area contributed by atoms with Crippen LogP contribution in [-0.2, 0) is 30.7 Å². The van der Waals surface area contributed by atoms with Crippen molar-refractivity contribution < 1.29 is 9.90 Å². The summed E-state index contributed by atoms with van der Waals surface area (Å²) in [7, 11) is 0. The molecule has 0 unspecified atom stereocenters. The first-order valence-electron chi connectivity index (χ1n) is 6.11. The van der Waals surface area contributed by atoms with Crippen LogP contribution in [0, 0.1) is 0 Å². The number of hydrogen-bond acceptors (Lipinski definition) is 5. The van der Waals surface area contributed by atoms with Crippen molar-refractivity contribution in [1.82, 2.24) is 10.3 Å². The number of rotatable bonds is 7. The van der Waals surface area contributed by atoms with Gasteiger partial charge in [0.2, 0.25) is 0 Å². The second kappa shape index (κ2) is 6.79. The molecule has 0 atom stereocenters. The second-order valence-corrected chi connectivity index (χ2v) is 6.57. The number of carbonyl (C=O) groups is 1. The van der Waals surface area contributed by atoms with Gasteiger partial charge in [-0.25, -0.2) is 4.98 Å². The normalized spacial score (nSPS) is 10.8. The molecule has 0 aliphatic carbocycles. The minimum atomic E-state index is -0.781. The number of hydrogen-bond donors (Lipinski definition) is 2. The molecule has 19 heavy (non-hydrogen) atoms. The van der Waals surface area contributed by atoms with Crippen LogP contribution in [0.1, 0.15) is 26.6 Å². The lowest BCUT2D eigenvalue weighted by Gasteiger charge is -1.99. The fourth-order valence-corrected chi connectivity index (χ4v) is 3.46. The molecular formula is C13H16N2O2S2. The molecule has 0 radical (unpaired) electrons. The summed E-state index contributed by atoms with van der Waals surface area (Å²) in [4.78, 5) is 18.3. The maximum atomic E-state index is 10.6. The van der Waals surface area contributed by atoms with E-state index >= 15 is 0 Å². The van der Waals surface area contributed by atoms with Crippen LogP contribution in [0.15, 0.2) is 18.3 Å². The average Bonchev–Trinajstić information content (AvgIpc) is 2.98. The van der Waals surface area contributed by atoms with Gasteiger partial charge in [0.05, 0.1) is 6.42 Å². The molecule has 4 nitrogen and oxygen atoms in total. The van der Waals surface area contributed by atoms with Crippen LogP contribution in [0.25, 0.3) is 0 Å². The zero-order valence-corrected chi connectivity index (χ0v) is 12.3.